The topological polar surface area (TPSA) is 97.1 Å². The molecule has 1 N–H and O–H groups in total. The predicted octanol–water partition coefficient (Wildman–Crippen LogP) is 6.45. The molecule has 4 heterocycles. The monoisotopic (exact) mass is 645 g/mol. The van der Waals surface area contributed by atoms with E-state index >= 15 is 0 Å². The fraction of sp³-hybridized carbons (Fsp3) is 0.273. The summed E-state index contributed by atoms with van der Waals surface area (Å²) >= 11 is 13.5. The van der Waals surface area contributed by atoms with Gasteiger partial charge in [-0.15, -0.1) is 0 Å². The van der Waals surface area contributed by atoms with Crippen molar-refractivity contribution in [2.75, 3.05) is 57.2 Å². The van der Waals surface area contributed by atoms with Crippen LogP contribution in [-0.2, 0) is 11.2 Å². The van der Waals surface area contributed by atoms with E-state index in [1.807, 2.05) is 22.7 Å². The van der Waals surface area contributed by atoms with Crippen LogP contribution in [0.5, 0.6) is 11.5 Å². The van der Waals surface area contributed by atoms with Crippen LogP contribution in [0.15, 0.2) is 61.6 Å². The van der Waals surface area contributed by atoms with Crippen molar-refractivity contribution in [3.05, 3.63) is 77.2 Å². The van der Waals surface area contributed by atoms with Crippen molar-refractivity contribution in [3.8, 4) is 22.6 Å². The van der Waals surface area contributed by atoms with Gasteiger partial charge in [-0.25, -0.2) is 9.97 Å². The molecule has 45 heavy (non-hydrogen) atoms. The Hall–Kier alpha value is -4.38. The number of imidazole rings is 1. The zero-order valence-corrected chi connectivity index (χ0v) is 26.8. The number of halogens is 2. The van der Waals surface area contributed by atoms with Gasteiger partial charge in [0, 0.05) is 85.1 Å². The van der Waals surface area contributed by atoms with Gasteiger partial charge in [-0.2, -0.15) is 4.98 Å². The molecule has 1 aliphatic heterocycles. The zero-order chi connectivity index (χ0) is 31.7. The lowest BCUT2D eigenvalue weighted by Crippen LogP contribution is -2.46. The van der Waals surface area contributed by atoms with Crippen LogP contribution in [0.3, 0.4) is 0 Å². The van der Waals surface area contributed by atoms with Crippen molar-refractivity contribution in [1.82, 2.24) is 24.3 Å². The summed E-state index contributed by atoms with van der Waals surface area (Å²) in [6.45, 7) is 10.8. The molecule has 0 unspecified atom stereocenters. The van der Waals surface area contributed by atoms with Crippen LogP contribution in [0.25, 0.3) is 27.8 Å². The Morgan fingerprint density at radius 3 is 2.42 bits per heavy atom. The van der Waals surface area contributed by atoms with Crippen molar-refractivity contribution in [2.24, 2.45) is 0 Å². The van der Waals surface area contributed by atoms with E-state index in [-0.39, 0.29) is 12.2 Å². The summed E-state index contributed by atoms with van der Waals surface area (Å²) in [5, 5.41) is 4.76. The molecular weight excluding hydrogens is 613 g/mol. The molecule has 0 aliphatic carbocycles. The summed E-state index contributed by atoms with van der Waals surface area (Å²) in [5.41, 5.74) is 5.10. The second-order valence-corrected chi connectivity index (χ2v) is 11.4. The highest BCUT2D eigenvalue weighted by molar-refractivity contribution is 6.41. The summed E-state index contributed by atoms with van der Waals surface area (Å²) in [7, 11) is 3.07. The Labute approximate surface area is 271 Å². The van der Waals surface area contributed by atoms with Crippen LogP contribution in [0.2, 0.25) is 10.0 Å². The van der Waals surface area contributed by atoms with Gasteiger partial charge in [0.25, 0.3) is 0 Å². The number of nitrogens with zero attached hydrogens (tertiary/aromatic N) is 6. The Bertz CT molecular complexity index is 1890. The van der Waals surface area contributed by atoms with Crippen LogP contribution in [0, 0.1) is 0 Å². The Kier molecular flexibility index (Phi) is 8.80. The number of rotatable bonds is 10. The highest BCUT2D eigenvalue weighted by Crippen LogP contribution is 2.47. The number of hydrogen-bond acceptors (Lipinski definition) is 9. The number of carbonyl (C=O) groups excluding carboxylic acids is 1. The van der Waals surface area contributed by atoms with E-state index in [0.717, 1.165) is 55.0 Å². The number of carbonyl (C=O) groups is 1. The number of nitrogens with one attached hydrogen (secondary N) is 1. The van der Waals surface area contributed by atoms with Crippen molar-refractivity contribution in [1.29, 1.82) is 0 Å². The smallest absolute Gasteiger partial charge is 0.229 e. The molecule has 1 fully saturated rings. The molecule has 3 aromatic heterocycles. The number of aromatic nitrogens is 4. The van der Waals surface area contributed by atoms with E-state index in [2.05, 4.69) is 50.7 Å². The first-order valence-corrected chi connectivity index (χ1v) is 15.4. The maximum atomic E-state index is 12.5. The van der Waals surface area contributed by atoms with Gasteiger partial charge in [-0.3, -0.25) is 9.20 Å². The number of ketones is 1. The number of pyridine rings is 1. The molecule has 1 saturated heterocycles. The summed E-state index contributed by atoms with van der Waals surface area (Å²) < 4.78 is 12.8. The van der Waals surface area contributed by atoms with Gasteiger partial charge in [0.15, 0.2) is 11.4 Å². The second-order valence-electron chi connectivity index (χ2n) is 10.7. The third-order valence-electron chi connectivity index (χ3n) is 8.16. The molecular formula is C33H33Cl2N7O3. The van der Waals surface area contributed by atoms with Gasteiger partial charge in [-0.1, -0.05) is 36.7 Å². The minimum Gasteiger partial charge on any atom is -0.495 e. The lowest BCUT2D eigenvalue weighted by atomic mass is 10.0. The number of anilines is 3. The molecule has 1 aliphatic rings. The minimum atomic E-state index is -0.0652. The molecule has 5 aromatic rings. The fourth-order valence-corrected chi connectivity index (χ4v) is 6.39. The molecule has 0 amide bonds. The van der Waals surface area contributed by atoms with Gasteiger partial charge in [-0.05, 0) is 42.4 Å². The number of likely N-dealkylation sites (N-methyl/N-ethyl adjacent to an activating group) is 1. The highest BCUT2D eigenvalue weighted by atomic mass is 35.5. The lowest BCUT2D eigenvalue weighted by molar-refractivity contribution is -0.114. The fourth-order valence-electron chi connectivity index (χ4n) is 5.68. The first-order valence-electron chi connectivity index (χ1n) is 14.6. The maximum absolute atomic E-state index is 12.5. The largest absolute Gasteiger partial charge is 0.495 e. The molecule has 12 heteroatoms. The van der Waals surface area contributed by atoms with Crippen molar-refractivity contribution >= 4 is 63.0 Å². The van der Waals surface area contributed by atoms with E-state index < -0.39 is 0 Å². The lowest BCUT2D eigenvalue weighted by Gasteiger charge is -2.35. The average Bonchev–Trinajstić information content (AvgIpc) is 3.57. The molecule has 10 nitrogen and oxygen atoms in total. The van der Waals surface area contributed by atoms with Crippen LogP contribution < -0.4 is 19.7 Å². The number of piperazine rings is 1. The summed E-state index contributed by atoms with van der Waals surface area (Å²) in [6, 6.07) is 9.67. The van der Waals surface area contributed by atoms with E-state index in [1.165, 1.54) is 20.3 Å². The molecule has 0 bridgehead atoms. The van der Waals surface area contributed by atoms with E-state index in [0.29, 0.717) is 49.9 Å². The first-order chi connectivity index (χ1) is 21.8. The quantitative estimate of drug-likeness (QED) is 0.172. The molecule has 2 aromatic carbocycles. The molecule has 0 radical (unpaired) electrons. The summed E-state index contributed by atoms with van der Waals surface area (Å²) in [4.78, 5) is 31.3. The predicted molar refractivity (Wildman–Crippen MR) is 180 cm³/mol. The third kappa shape index (κ3) is 5.88. The van der Waals surface area contributed by atoms with E-state index in [4.69, 9.17) is 37.7 Å². The van der Waals surface area contributed by atoms with Crippen LogP contribution in [0.4, 0.5) is 17.3 Å². The second kappa shape index (κ2) is 12.9. The summed E-state index contributed by atoms with van der Waals surface area (Å²) in [5.74, 6) is 1.16. The van der Waals surface area contributed by atoms with Gasteiger partial charge in [0.05, 0.1) is 24.3 Å². The standard InChI is InChI=1S/C33H33Cl2N7O3/c1-5-23(43)16-20-15-22(41-13-11-40(6-2)12-14-41)7-8-25(20)38-33-37-19-21-17-24(32-36-9-10-42(32)31(21)39-33)28-29(34)26(44-3)18-27(45-4)30(28)35/h5,7-10,15,17-19H,1,6,11-14,16H2,2-4H3,(H,37,38,39). The van der Waals surface area contributed by atoms with Gasteiger partial charge in [0.1, 0.15) is 17.1 Å². The van der Waals surface area contributed by atoms with E-state index in [1.54, 1.807) is 18.5 Å². The average molecular weight is 647 g/mol. The third-order valence-corrected chi connectivity index (χ3v) is 8.91. The van der Waals surface area contributed by atoms with Crippen molar-refractivity contribution in [3.63, 3.8) is 0 Å². The molecule has 0 saturated carbocycles. The van der Waals surface area contributed by atoms with Gasteiger partial charge >= 0.3 is 0 Å². The van der Waals surface area contributed by atoms with E-state index in [9.17, 15) is 4.79 Å². The number of hydrogen-bond donors (Lipinski definition) is 1. The van der Waals surface area contributed by atoms with Crippen LogP contribution >= 0.6 is 23.2 Å². The van der Waals surface area contributed by atoms with Gasteiger partial charge in [0.2, 0.25) is 5.95 Å². The number of ether oxygens (including phenoxy) is 2. The Morgan fingerprint density at radius 1 is 1.02 bits per heavy atom. The van der Waals surface area contributed by atoms with Crippen molar-refractivity contribution < 1.29 is 14.3 Å². The zero-order valence-electron chi connectivity index (χ0n) is 25.3. The number of allylic oxidation sites excluding steroid dienone is 1. The van der Waals surface area contributed by atoms with Gasteiger partial charge < -0.3 is 24.6 Å². The summed E-state index contributed by atoms with van der Waals surface area (Å²) in [6.07, 6.45) is 6.79. The Morgan fingerprint density at radius 2 is 1.76 bits per heavy atom. The van der Waals surface area contributed by atoms with Crippen molar-refractivity contribution in [2.45, 2.75) is 13.3 Å². The molecule has 6 rings (SSSR count). The molecule has 0 spiro atoms. The minimum absolute atomic E-state index is 0.0652. The number of fused-ring (bicyclic) bond motifs is 3. The number of methoxy groups -OCH3 is 2. The highest BCUT2D eigenvalue weighted by Gasteiger charge is 2.23. The normalized spacial score (nSPS) is 13.8. The SMILES string of the molecule is C=CC(=O)Cc1cc(N2CCN(CC)CC2)ccc1Nc1ncc2cc(-c3c(Cl)c(OC)cc(OC)c3Cl)c3nccn3c2n1. The molecule has 232 valence electrons. The van der Waals surface area contributed by atoms with Crippen LogP contribution in [-0.4, -0.2) is 77.0 Å². The maximum Gasteiger partial charge on any atom is 0.229 e. The first kappa shape index (κ1) is 30.6. The van der Waals surface area contributed by atoms with Crippen LogP contribution in [0.1, 0.15) is 12.5 Å². The molecule has 0 atom stereocenters. The Balaban J connectivity index is 1.39. The number of benzene rings is 2.